The number of aryl methyl sites for hydroxylation is 1. The van der Waals surface area contributed by atoms with Gasteiger partial charge in [-0.15, -0.1) is 10.2 Å². The molecule has 4 aromatic rings. The summed E-state index contributed by atoms with van der Waals surface area (Å²) in [4.78, 5) is 12.8. The van der Waals surface area contributed by atoms with Crippen molar-refractivity contribution in [3.05, 3.63) is 71.7 Å². The molecule has 2 heterocycles. The standard InChI is InChI=1S/C22H21N5O3/c1-14-20(22(28)23-16-9-11-17(30-3)12-10-16)24-25-21-19(15-7-5-4-6-8-15)18(13-29-2)26-27(14)21/h4-12H,13H2,1-3H3,(H,23,28). The van der Waals surface area contributed by atoms with Crippen LogP contribution in [0.3, 0.4) is 0 Å². The van der Waals surface area contributed by atoms with Gasteiger partial charge < -0.3 is 14.8 Å². The molecule has 2 aromatic carbocycles. The van der Waals surface area contributed by atoms with E-state index in [4.69, 9.17) is 9.47 Å². The van der Waals surface area contributed by atoms with Gasteiger partial charge in [-0.3, -0.25) is 4.79 Å². The average molecular weight is 403 g/mol. The van der Waals surface area contributed by atoms with E-state index >= 15 is 0 Å². The largest absolute Gasteiger partial charge is 0.497 e. The van der Waals surface area contributed by atoms with Crippen LogP contribution >= 0.6 is 0 Å². The second kappa shape index (κ2) is 8.30. The highest BCUT2D eigenvalue weighted by Crippen LogP contribution is 2.28. The Morgan fingerprint density at radius 3 is 2.43 bits per heavy atom. The Morgan fingerprint density at radius 2 is 1.77 bits per heavy atom. The third kappa shape index (κ3) is 3.60. The lowest BCUT2D eigenvalue weighted by atomic mass is 10.1. The van der Waals surface area contributed by atoms with Crippen molar-refractivity contribution < 1.29 is 14.3 Å². The van der Waals surface area contributed by atoms with Crippen LogP contribution in [0.4, 0.5) is 5.69 Å². The van der Waals surface area contributed by atoms with E-state index in [1.54, 1.807) is 49.9 Å². The lowest BCUT2D eigenvalue weighted by molar-refractivity contribution is 0.102. The fraction of sp³-hybridized carbons (Fsp3) is 0.182. The highest BCUT2D eigenvalue weighted by molar-refractivity contribution is 6.03. The molecule has 0 aliphatic carbocycles. The van der Waals surface area contributed by atoms with Crippen molar-refractivity contribution in [3.63, 3.8) is 0 Å². The number of benzene rings is 2. The smallest absolute Gasteiger partial charge is 0.278 e. The zero-order valence-corrected chi connectivity index (χ0v) is 16.9. The first-order valence-corrected chi connectivity index (χ1v) is 9.37. The average Bonchev–Trinajstić information content (AvgIpc) is 3.14. The number of carbonyl (C=O) groups excluding carboxylic acids is 1. The molecule has 0 unspecified atom stereocenters. The molecule has 2 aromatic heterocycles. The SMILES string of the molecule is COCc1nn2c(C)c(C(=O)Nc3ccc(OC)cc3)nnc2c1-c1ccccc1. The van der Waals surface area contributed by atoms with E-state index in [9.17, 15) is 4.79 Å². The molecule has 8 nitrogen and oxygen atoms in total. The van der Waals surface area contributed by atoms with E-state index in [0.29, 0.717) is 29.4 Å². The molecule has 0 radical (unpaired) electrons. The topological polar surface area (TPSA) is 90.6 Å². The Bertz CT molecular complexity index is 1190. The summed E-state index contributed by atoms with van der Waals surface area (Å²) in [5.41, 5.74) is 4.53. The summed E-state index contributed by atoms with van der Waals surface area (Å²) in [6, 6.07) is 16.9. The van der Waals surface area contributed by atoms with Crippen molar-refractivity contribution in [2.75, 3.05) is 19.5 Å². The fourth-order valence-electron chi connectivity index (χ4n) is 3.26. The molecule has 0 atom stereocenters. The summed E-state index contributed by atoms with van der Waals surface area (Å²) in [6.45, 7) is 2.11. The van der Waals surface area contributed by atoms with Crippen LogP contribution in [-0.2, 0) is 11.3 Å². The lowest BCUT2D eigenvalue weighted by Gasteiger charge is -2.08. The lowest BCUT2D eigenvalue weighted by Crippen LogP contribution is -2.18. The fourth-order valence-corrected chi connectivity index (χ4v) is 3.26. The van der Waals surface area contributed by atoms with Gasteiger partial charge in [-0.1, -0.05) is 30.3 Å². The molecule has 4 rings (SSSR count). The minimum atomic E-state index is -0.364. The van der Waals surface area contributed by atoms with Crippen LogP contribution in [0.15, 0.2) is 54.6 Å². The van der Waals surface area contributed by atoms with Gasteiger partial charge in [-0.25, -0.2) is 4.52 Å². The normalized spacial score (nSPS) is 10.9. The van der Waals surface area contributed by atoms with Crippen LogP contribution in [0, 0.1) is 6.92 Å². The van der Waals surface area contributed by atoms with E-state index in [1.807, 2.05) is 30.3 Å². The zero-order chi connectivity index (χ0) is 21.1. The summed E-state index contributed by atoms with van der Waals surface area (Å²) in [7, 11) is 3.21. The summed E-state index contributed by atoms with van der Waals surface area (Å²) in [5, 5.41) is 16.0. The van der Waals surface area contributed by atoms with E-state index < -0.39 is 0 Å². The molecule has 8 heteroatoms. The number of rotatable bonds is 6. The molecule has 152 valence electrons. The van der Waals surface area contributed by atoms with Crippen molar-refractivity contribution in [1.29, 1.82) is 0 Å². The number of ether oxygens (including phenoxy) is 2. The third-order valence-electron chi connectivity index (χ3n) is 4.75. The Morgan fingerprint density at radius 1 is 1.03 bits per heavy atom. The Hall–Kier alpha value is -3.78. The van der Waals surface area contributed by atoms with E-state index in [1.165, 1.54) is 0 Å². The number of methoxy groups -OCH3 is 2. The Labute approximate surface area is 173 Å². The minimum Gasteiger partial charge on any atom is -0.497 e. The zero-order valence-electron chi connectivity index (χ0n) is 16.9. The predicted octanol–water partition coefficient (Wildman–Crippen LogP) is 3.51. The first kappa shape index (κ1) is 19.5. The minimum absolute atomic E-state index is 0.199. The van der Waals surface area contributed by atoms with E-state index in [-0.39, 0.29) is 11.6 Å². The molecule has 0 spiro atoms. The van der Waals surface area contributed by atoms with Gasteiger partial charge in [0.25, 0.3) is 5.91 Å². The van der Waals surface area contributed by atoms with Crippen molar-refractivity contribution in [3.8, 4) is 16.9 Å². The van der Waals surface area contributed by atoms with Gasteiger partial charge in [0, 0.05) is 12.8 Å². The van der Waals surface area contributed by atoms with Crippen molar-refractivity contribution in [2.45, 2.75) is 13.5 Å². The summed E-state index contributed by atoms with van der Waals surface area (Å²) >= 11 is 0. The van der Waals surface area contributed by atoms with Crippen molar-refractivity contribution in [2.24, 2.45) is 0 Å². The Balaban J connectivity index is 1.74. The van der Waals surface area contributed by atoms with Gasteiger partial charge in [0.15, 0.2) is 11.3 Å². The maximum Gasteiger partial charge on any atom is 0.278 e. The maximum absolute atomic E-state index is 12.8. The number of aromatic nitrogens is 4. The number of amides is 1. The molecule has 1 N–H and O–H groups in total. The molecular weight excluding hydrogens is 382 g/mol. The number of hydrogen-bond acceptors (Lipinski definition) is 6. The number of anilines is 1. The number of nitrogens with one attached hydrogen (secondary N) is 1. The van der Waals surface area contributed by atoms with Crippen LogP contribution in [0.25, 0.3) is 16.8 Å². The highest BCUT2D eigenvalue weighted by atomic mass is 16.5. The monoisotopic (exact) mass is 403 g/mol. The first-order chi connectivity index (χ1) is 14.6. The van der Waals surface area contributed by atoms with E-state index in [2.05, 4.69) is 20.6 Å². The molecule has 0 aliphatic heterocycles. The highest BCUT2D eigenvalue weighted by Gasteiger charge is 2.21. The molecular formula is C22H21N5O3. The molecule has 1 amide bonds. The number of fused-ring (bicyclic) bond motifs is 1. The van der Waals surface area contributed by atoms with Crippen molar-refractivity contribution in [1.82, 2.24) is 19.8 Å². The van der Waals surface area contributed by atoms with E-state index in [0.717, 1.165) is 16.8 Å². The second-order valence-electron chi connectivity index (χ2n) is 6.67. The van der Waals surface area contributed by atoms with Gasteiger partial charge in [0.2, 0.25) is 0 Å². The summed E-state index contributed by atoms with van der Waals surface area (Å²) < 4.78 is 12.1. The van der Waals surface area contributed by atoms with Gasteiger partial charge in [0.1, 0.15) is 5.75 Å². The Kier molecular flexibility index (Phi) is 5.40. The molecule has 0 fully saturated rings. The van der Waals surface area contributed by atoms with Gasteiger partial charge >= 0.3 is 0 Å². The van der Waals surface area contributed by atoms with Gasteiger partial charge in [-0.2, -0.15) is 5.10 Å². The van der Waals surface area contributed by atoms with Crippen LogP contribution in [-0.4, -0.2) is 39.9 Å². The van der Waals surface area contributed by atoms with Gasteiger partial charge in [-0.05, 0) is 36.8 Å². The van der Waals surface area contributed by atoms with Crippen LogP contribution in [0.2, 0.25) is 0 Å². The van der Waals surface area contributed by atoms with Crippen LogP contribution in [0.1, 0.15) is 21.9 Å². The number of carbonyl (C=O) groups is 1. The molecule has 0 saturated carbocycles. The van der Waals surface area contributed by atoms with Crippen molar-refractivity contribution >= 4 is 17.2 Å². The molecule has 30 heavy (non-hydrogen) atoms. The molecule has 0 saturated heterocycles. The van der Waals surface area contributed by atoms with Crippen LogP contribution < -0.4 is 10.1 Å². The number of nitrogens with zero attached hydrogens (tertiary/aromatic N) is 4. The predicted molar refractivity (Wildman–Crippen MR) is 113 cm³/mol. The quantitative estimate of drug-likeness (QED) is 0.530. The van der Waals surface area contributed by atoms with Crippen LogP contribution in [0.5, 0.6) is 5.75 Å². The number of hydrogen-bond donors (Lipinski definition) is 1. The van der Waals surface area contributed by atoms with Gasteiger partial charge in [0.05, 0.1) is 30.7 Å². The maximum atomic E-state index is 12.8. The molecule has 0 aliphatic rings. The summed E-state index contributed by atoms with van der Waals surface area (Å²) in [5.74, 6) is 0.346. The third-order valence-corrected chi connectivity index (χ3v) is 4.75. The summed E-state index contributed by atoms with van der Waals surface area (Å²) in [6.07, 6.45) is 0. The molecule has 0 bridgehead atoms. The first-order valence-electron chi connectivity index (χ1n) is 9.37. The second-order valence-corrected chi connectivity index (χ2v) is 6.67.